The van der Waals surface area contributed by atoms with Crippen LogP contribution in [0.25, 0.3) is 0 Å². The molecule has 1 rings (SSSR count). The Labute approximate surface area is 72.1 Å². The summed E-state index contributed by atoms with van der Waals surface area (Å²) >= 11 is 0. The maximum atomic E-state index is 5.36. The standard InChI is InChI=1S/C8H15N3O/c1-8(2,3)7-10-6(4-5-9)11-12-7/h4-5,9H2,1-3H3. The molecule has 12 heavy (non-hydrogen) atoms. The normalized spacial score (nSPS) is 12.0. The number of rotatable bonds is 2. The summed E-state index contributed by atoms with van der Waals surface area (Å²) in [4.78, 5) is 4.21. The molecule has 4 heteroatoms. The molecule has 0 unspecified atom stereocenters. The predicted molar refractivity (Wildman–Crippen MR) is 45.8 cm³/mol. The molecule has 1 aromatic rings. The lowest BCUT2D eigenvalue weighted by Gasteiger charge is -2.10. The van der Waals surface area contributed by atoms with Crippen LogP contribution in [0.15, 0.2) is 4.52 Å². The second-order valence-electron chi connectivity index (χ2n) is 3.80. The van der Waals surface area contributed by atoms with Crippen molar-refractivity contribution in [3.05, 3.63) is 11.7 Å². The van der Waals surface area contributed by atoms with Gasteiger partial charge in [-0.1, -0.05) is 25.9 Å². The number of hydrogen-bond donors (Lipinski definition) is 1. The van der Waals surface area contributed by atoms with E-state index in [1.807, 2.05) is 20.8 Å². The Kier molecular flexibility index (Phi) is 2.47. The van der Waals surface area contributed by atoms with Crippen molar-refractivity contribution in [2.75, 3.05) is 6.54 Å². The Hall–Kier alpha value is -0.900. The summed E-state index contributed by atoms with van der Waals surface area (Å²) in [6.45, 7) is 6.66. The fourth-order valence-corrected chi connectivity index (χ4v) is 0.789. The average molecular weight is 169 g/mol. The molecular formula is C8H15N3O. The molecule has 0 saturated carbocycles. The largest absolute Gasteiger partial charge is 0.339 e. The van der Waals surface area contributed by atoms with Gasteiger partial charge in [0.1, 0.15) is 0 Å². The quantitative estimate of drug-likeness (QED) is 0.713. The van der Waals surface area contributed by atoms with E-state index in [0.29, 0.717) is 24.7 Å². The summed E-state index contributed by atoms with van der Waals surface area (Å²) in [5, 5.41) is 3.81. The highest BCUT2D eigenvalue weighted by Gasteiger charge is 2.21. The monoisotopic (exact) mass is 169 g/mol. The second-order valence-corrected chi connectivity index (χ2v) is 3.80. The van der Waals surface area contributed by atoms with Gasteiger partial charge < -0.3 is 10.3 Å². The molecule has 0 aromatic carbocycles. The fourth-order valence-electron chi connectivity index (χ4n) is 0.789. The molecule has 0 aliphatic rings. The molecule has 0 atom stereocenters. The molecule has 0 saturated heterocycles. The van der Waals surface area contributed by atoms with Gasteiger partial charge in [-0.3, -0.25) is 0 Å². The molecule has 0 bridgehead atoms. The van der Waals surface area contributed by atoms with Gasteiger partial charge in [-0.15, -0.1) is 0 Å². The Morgan fingerprint density at radius 1 is 1.42 bits per heavy atom. The first kappa shape index (κ1) is 9.19. The molecule has 0 aliphatic carbocycles. The van der Waals surface area contributed by atoms with Crippen molar-refractivity contribution in [1.29, 1.82) is 0 Å². The minimum Gasteiger partial charge on any atom is -0.339 e. The van der Waals surface area contributed by atoms with Crippen LogP contribution in [-0.2, 0) is 11.8 Å². The molecular weight excluding hydrogens is 154 g/mol. The van der Waals surface area contributed by atoms with Gasteiger partial charge >= 0.3 is 0 Å². The number of nitrogens with zero attached hydrogens (tertiary/aromatic N) is 2. The summed E-state index contributed by atoms with van der Waals surface area (Å²) in [5.41, 5.74) is 5.29. The van der Waals surface area contributed by atoms with Crippen LogP contribution in [0.4, 0.5) is 0 Å². The lowest BCUT2D eigenvalue weighted by atomic mass is 9.97. The summed E-state index contributed by atoms with van der Waals surface area (Å²) in [6, 6.07) is 0. The van der Waals surface area contributed by atoms with Gasteiger partial charge in [0.25, 0.3) is 0 Å². The van der Waals surface area contributed by atoms with E-state index in [4.69, 9.17) is 10.3 Å². The van der Waals surface area contributed by atoms with E-state index >= 15 is 0 Å². The second kappa shape index (κ2) is 3.23. The first-order chi connectivity index (χ1) is 5.54. The Morgan fingerprint density at radius 2 is 2.08 bits per heavy atom. The zero-order valence-electron chi connectivity index (χ0n) is 7.79. The molecule has 1 heterocycles. The summed E-state index contributed by atoms with van der Waals surface area (Å²) in [6.07, 6.45) is 0.680. The van der Waals surface area contributed by atoms with E-state index in [2.05, 4.69) is 10.1 Å². The van der Waals surface area contributed by atoms with Crippen LogP contribution >= 0.6 is 0 Å². The smallest absolute Gasteiger partial charge is 0.232 e. The zero-order valence-corrected chi connectivity index (χ0v) is 7.79. The summed E-state index contributed by atoms with van der Waals surface area (Å²) in [7, 11) is 0. The lowest BCUT2D eigenvalue weighted by molar-refractivity contribution is 0.318. The number of nitrogens with two attached hydrogens (primary N) is 1. The molecule has 0 spiro atoms. The molecule has 2 N–H and O–H groups in total. The molecule has 4 nitrogen and oxygen atoms in total. The number of aromatic nitrogens is 2. The van der Waals surface area contributed by atoms with Crippen molar-refractivity contribution in [3.63, 3.8) is 0 Å². The summed E-state index contributed by atoms with van der Waals surface area (Å²) < 4.78 is 5.06. The van der Waals surface area contributed by atoms with Crippen molar-refractivity contribution < 1.29 is 4.52 Å². The highest BCUT2D eigenvalue weighted by atomic mass is 16.5. The SMILES string of the molecule is CC(C)(C)c1nc(CCN)no1. The molecule has 0 radical (unpaired) electrons. The van der Waals surface area contributed by atoms with Crippen LogP contribution in [0.3, 0.4) is 0 Å². The fraction of sp³-hybridized carbons (Fsp3) is 0.750. The topological polar surface area (TPSA) is 64.9 Å². The third kappa shape index (κ3) is 2.04. The van der Waals surface area contributed by atoms with Crippen LogP contribution in [-0.4, -0.2) is 16.7 Å². The molecule has 0 fully saturated rings. The molecule has 1 aromatic heterocycles. The van der Waals surface area contributed by atoms with Gasteiger partial charge in [-0.05, 0) is 6.54 Å². The van der Waals surface area contributed by atoms with Crippen molar-refractivity contribution in [2.24, 2.45) is 5.73 Å². The van der Waals surface area contributed by atoms with E-state index in [1.54, 1.807) is 0 Å². The molecule has 0 amide bonds. The van der Waals surface area contributed by atoms with E-state index < -0.39 is 0 Å². The first-order valence-electron chi connectivity index (χ1n) is 4.07. The van der Waals surface area contributed by atoms with Gasteiger partial charge in [0, 0.05) is 11.8 Å². The van der Waals surface area contributed by atoms with Gasteiger partial charge in [0.15, 0.2) is 5.82 Å². The van der Waals surface area contributed by atoms with E-state index in [1.165, 1.54) is 0 Å². The Bertz CT molecular complexity index is 249. The van der Waals surface area contributed by atoms with Crippen molar-refractivity contribution in [2.45, 2.75) is 32.6 Å². The maximum absolute atomic E-state index is 5.36. The Balaban J connectivity index is 2.77. The van der Waals surface area contributed by atoms with Crippen LogP contribution in [0.2, 0.25) is 0 Å². The predicted octanol–water partition coefficient (Wildman–Crippen LogP) is 0.868. The van der Waals surface area contributed by atoms with Gasteiger partial charge in [0.05, 0.1) is 0 Å². The summed E-state index contributed by atoms with van der Waals surface area (Å²) in [5.74, 6) is 1.37. The van der Waals surface area contributed by atoms with Crippen molar-refractivity contribution in [1.82, 2.24) is 10.1 Å². The maximum Gasteiger partial charge on any atom is 0.232 e. The van der Waals surface area contributed by atoms with E-state index in [0.717, 1.165) is 0 Å². The minimum atomic E-state index is -0.0696. The zero-order chi connectivity index (χ0) is 9.19. The highest BCUT2D eigenvalue weighted by Crippen LogP contribution is 2.19. The minimum absolute atomic E-state index is 0.0696. The van der Waals surface area contributed by atoms with Crippen molar-refractivity contribution >= 4 is 0 Å². The third-order valence-electron chi connectivity index (χ3n) is 1.48. The van der Waals surface area contributed by atoms with Crippen LogP contribution in [0, 0.1) is 0 Å². The molecule has 68 valence electrons. The van der Waals surface area contributed by atoms with Crippen molar-refractivity contribution in [3.8, 4) is 0 Å². The van der Waals surface area contributed by atoms with E-state index in [-0.39, 0.29) is 5.41 Å². The van der Waals surface area contributed by atoms with Crippen LogP contribution < -0.4 is 5.73 Å². The van der Waals surface area contributed by atoms with Crippen LogP contribution in [0.5, 0.6) is 0 Å². The van der Waals surface area contributed by atoms with Gasteiger partial charge in [-0.25, -0.2) is 0 Å². The first-order valence-corrected chi connectivity index (χ1v) is 4.07. The van der Waals surface area contributed by atoms with Crippen LogP contribution in [0.1, 0.15) is 32.5 Å². The third-order valence-corrected chi connectivity index (χ3v) is 1.48. The van der Waals surface area contributed by atoms with E-state index in [9.17, 15) is 0 Å². The highest BCUT2D eigenvalue weighted by molar-refractivity contribution is 4.98. The Morgan fingerprint density at radius 3 is 2.50 bits per heavy atom. The lowest BCUT2D eigenvalue weighted by Crippen LogP contribution is -2.12. The van der Waals surface area contributed by atoms with Gasteiger partial charge in [-0.2, -0.15) is 4.98 Å². The van der Waals surface area contributed by atoms with Gasteiger partial charge in [0.2, 0.25) is 5.89 Å². The molecule has 0 aliphatic heterocycles. The number of hydrogen-bond acceptors (Lipinski definition) is 4. The average Bonchev–Trinajstić information content (AvgIpc) is 2.35.